The lowest BCUT2D eigenvalue weighted by Gasteiger charge is -2.39. The van der Waals surface area contributed by atoms with Gasteiger partial charge < -0.3 is 9.47 Å². The van der Waals surface area contributed by atoms with E-state index in [2.05, 4.69) is 37.4 Å². The van der Waals surface area contributed by atoms with Crippen LogP contribution in [0.25, 0.3) is 0 Å². The van der Waals surface area contributed by atoms with Crippen molar-refractivity contribution in [1.82, 2.24) is 0 Å². The van der Waals surface area contributed by atoms with Gasteiger partial charge in [0.25, 0.3) is 0 Å². The molecule has 0 spiro atoms. The van der Waals surface area contributed by atoms with Crippen molar-refractivity contribution in [2.45, 2.75) is 51.4 Å². The molecule has 0 saturated heterocycles. The minimum absolute atomic E-state index is 0.115. The maximum atomic E-state index is 11.6. The summed E-state index contributed by atoms with van der Waals surface area (Å²) in [6.45, 7) is 10.8. The van der Waals surface area contributed by atoms with Crippen molar-refractivity contribution >= 4 is 11.9 Å². The molecule has 1 fully saturated rings. The van der Waals surface area contributed by atoms with E-state index in [4.69, 9.17) is 9.47 Å². The molecule has 0 heterocycles. The van der Waals surface area contributed by atoms with Gasteiger partial charge >= 0.3 is 11.9 Å². The van der Waals surface area contributed by atoms with Gasteiger partial charge in [-0.15, -0.1) is 0 Å². The fraction of sp³-hybridized carbons (Fsp3) is 0.308. The van der Waals surface area contributed by atoms with Crippen LogP contribution in [0.2, 0.25) is 0 Å². The topological polar surface area (TPSA) is 52.6 Å². The predicted molar refractivity (Wildman–Crippen MR) is 118 cm³/mol. The smallest absolute Gasteiger partial charge is 0.335 e. The summed E-state index contributed by atoms with van der Waals surface area (Å²) in [6, 6.07) is 12.1. The van der Waals surface area contributed by atoms with Gasteiger partial charge in [-0.05, 0) is 61.1 Å². The fourth-order valence-electron chi connectivity index (χ4n) is 4.32. The number of esters is 2. The predicted octanol–water partition coefficient (Wildman–Crippen LogP) is 5.74. The van der Waals surface area contributed by atoms with Crippen molar-refractivity contribution in [3.8, 4) is 11.5 Å². The highest BCUT2D eigenvalue weighted by Crippen LogP contribution is 2.46. The molecule has 1 aliphatic rings. The second kappa shape index (κ2) is 9.12. The summed E-state index contributed by atoms with van der Waals surface area (Å²) in [5.74, 6) is 0.187. The second-order valence-electron chi connectivity index (χ2n) is 7.85. The summed E-state index contributed by atoms with van der Waals surface area (Å²) in [4.78, 5) is 23.2. The number of aryl methyl sites for hydroxylation is 2. The number of ether oxygens (including phenoxy) is 2. The molecule has 0 N–H and O–H groups in total. The Morgan fingerprint density at radius 1 is 0.800 bits per heavy atom. The Morgan fingerprint density at radius 2 is 1.23 bits per heavy atom. The lowest BCUT2D eigenvalue weighted by atomic mass is 9.65. The molecule has 4 nitrogen and oxygen atoms in total. The number of hydrogen-bond donors (Lipinski definition) is 0. The second-order valence-corrected chi connectivity index (χ2v) is 7.85. The Labute approximate surface area is 178 Å². The van der Waals surface area contributed by atoms with Gasteiger partial charge in [0, 0.05) is 17.6 Å². The zero-order chi connectivity index (χ0) is 21.7. The van der Waals surface area contributed by atoms with E-state index in [-0.39, 0.29) is 5.41 Å². The highest BCUT2D eigenvalue weighted by molar-refractivity contribution is 5.84. The molecule has 1 saturated carbocycles. The van der Waals surface area contributed by atoms with Crippen LogP contribution in [-0.2, 0) is 15.0 Å². The largest absolute Gasteiger partial charge is 0.423 e. The van der Waals surface area contributed by atoms with Gasteiger partial charge in [-0.2, -0.15) is 0 Å². The third kappa shape index (κ3) is 4.38. The SMILES string of the molecule is C=CC(=O)Oc1ccc(C2(c3ccc(OC(=O)C=C)c(C)c3)CCCCC2)cc1C. The third-order valence-corrected chi connectivity index (χ3v) is 5.92. The zero-order valence-corrected chi connectivity index (χ0v) is 17.7. The van der Waals surface area contributed by atoms with E-state index < -0.39 is 11.9 Å². The Hall–Kier alpha value is -3.14. The summed E-state index contributed by atoms with van der Waals surface area (Å²) in [7, 11) is 0. The van der Waals surface area contributed by atoms with Crippen LogP contribution in [0.4, 0.5) is 0 Å². The van der Waals surface area contributed by atoms with E-state index >= 15 is 0 Å². The summed E-state index contributed by atoms with van der Waals surface area (Å²) in [6.07, 6.45) is 7.95. The molecule has 0 atom stereocenters. The first-order chi connectivity index (χ1) is 14.4. The Morgan fingerprint density at radius 3 is 1.60 bits per heavy atom. The normalized spacial score (nSPS) is 15.1. The molecule has 0 unspecified atom stereocenters. The number of hydrogen-bond acceptors (Lipinski definition) is 4. The number of benzene rings is 2. The van der Waals surface area contributed by atoms with Crippen molar-refractivity contribution in [2.75, 3.05) is 0 Å². The summed E-state index contributed by atoms with van der Waals surface area (Å²) in [5.41, 5.74) is 4.15. The fourth-order valence-corrected chi connectivity index (χ4v) is 4.32. The summed E-state index contributed by atoms with van der Waals surface area (Å²) >= 11 is 0. The van der Waals surface area contributed by atoms with Crippen LogP contribution in [0.1, 0.15) is 54.4 Å². The minimum Gasteiger partial charge on any atom is -0.423 e. The van der Waals surface area contributed by atoms with E-state index in [1.54, 1.807) is 0 Å². The molecule has 0 radical (unpaired) electrons. The Kier molecular flexibility index (Phi) is 6.56. The molecule has 156 valence electrons. The molecular weight excluding hydrogens is 376 g/mol. The van der Waals surface area contributed by atoms with E-state index in [0.29, 0.717) is 11.5 Å². The van der Waals surface area contributed by atoms with Gasteiger partial charge in [-0.25, -0.2) is 9.59 Å². The monoisotopic (exact) mass is 404 g/mol. The van der Waals surface area contributed by atoms with Crippen molar-refractivity contribution in [3.05, 3.63) is 84.0 Å². The highest BCUT2D eigenvalue weighted by Gasteiger charge is 2.36. The molecule has 0 bridgehead atoms. The van der Waals surface area contributed by atoms with E-state index in [0.717, 1.165) is 36.8 Å². The first kappa shape index (κ1) is 21.6. The lowest BCUT2D eigenvalue weighted by Crippen LogP contribution is -2.30. The maximum absolute atomic E-state index is 11.6. The van der Waals surface area contributed by atoms with Crippen LogP contribution in [0.15, 0.2) is 61.7 Å². The van der Waals surface area contributed by atoms with Crippen LogP contribution in [0, 0.1) is 13.8 Å². The molecule has 30 heavy (non-hydrogen) atoms. The summed E-state index contributed by atoms with van der Waals surface area (Å²) in [5, 5.41) is 0. The van der Waals surface area contributed by atoms with E-state index in [1.165, 1.54) is 29.7 Å². The molecule has 0 aliphatic heterocycles. The molecular formula is C26H28O4. The Bertz CT molecular complexity index is 907. The average molecular weight is 405 g/mol. The molecule has 0 amide bonds. The summed E-state index contributed by atoms with van der Waals surface area (Å²) < 4.78 is 10.7. The average Bonchev–Trinajstić information content (AvgIpc) is 2.76. The molecule has 1 aliphatic carbocycles. The third-order valence-electron chi connectivity index (χ3n) is 5.92. The van der Waals surface area contributed by atoms with Crippen LogP contribution in [0.3, 0.4) is 0 Å². The van der Waals surface area contributed by atoms with Crippen molar-refractivity contribution in [3.63, 3.8) is 0 Å². The van der Waals surface area contributed by atoms with Crippen LogP contribution in [0.5, 0.6) is 11.5 Å². The standard InChI is InChI=1S/C26H28O4/c1-5-24(27)29-22-12-10-20(16-18(22)3)26(14-8-7-9-15-26)21-11-13-23(19(4)17-21)30-25(28)6-2/h5-6,10-13,16-17H,1-2,7-9,14-15H2,3-4H3. The maximum Gasteiger partial charge on any atom is 0.335 e. The number of carbonyl (C=O) groups is 2. The number of rotatable bonds is 6. The van der Waals surface area contributed by atoms with Gasteiger partial charge in [-0.1, -0.05) is 56.7 Å². The molecule has 4 heteroatoms. The number of carbonyl (C=O) groups excluding carboxylic acids is 2. The lowest BCUT2D eigenvalue weighted by molar-refractivity contribution is -0.129. The first-order valence-electron chi connectivity index (χ1n) is 10.3. The highest BCUT2D eigenvalue weighted by atomic mass is 16.5. The van der Waals surface area contributed by atoms with Crippen LogP contribution >= 0.6 is 0 Å². The molecule has 3 rings (SSSR count). The van der Waals surface area contributed by atoms with E-state index in [1.807, 2.05) is 26.0 Å². The molecule has 0 aromatic heterocycles. The quantitative estimate of drug-likeness (QED) is 0.350. The molecule has 2 aromatic carbocycles. The molecule has 2 aromatic rings. The van der Waals surface area contributed by atoms with Crippen LogP contribution in [-0.4, -0.2) is 11.9 Å². The van der Waals surface area contributed by atoms with Gasteiger partial charge in [0.1, 0.15) is 11.5 Å². The van der Waals surface area contributed by atoms with Crippen molar-refractivity contribution < 1.29 is 19.1 Å². The van der Waals surface area contributed by atoms with Crippen LogP contribution < -0.4 is 9.47 Å². The minimum atomic E-state index is -0.460. The van der Waals surface area contributed by atoms with Gasteiger partial charge in [0.05, 0.1) is 0 Å². The Balaban J connectivity index is 2.01. The van der Waals surface area contributed by atoms with Gasteiger partial charge in [0.15, 0.2) is 0 Å². The first-order valence-corrected chi connectivity index (χ1v) is 10.3. The zero-order valence-electron chi connectivity index (χ0n) is 17.7. The van der Waals surface area contributed by atoms with Crippen molar-refractivity contribution in [2.24, 2.45) is 0 Å². The van der Waals surface area contributed by atoms with Crippen molar-refractivity contribution in [1.29, 1.82) is 0 Å². The van der Waals surface area contributed by atoms with Gasteiger partial charge in [-0.3, -0.25) is 0 Å². The van der Waals surface area contributed by atoms with E-state index in [9.17, 15) is 9.59 Å². The van der Waals surface area contributed by atoms with Gasteiger partial charge in [0.2, 0.25) is 0 Å².